The summed E-state index contributed by atoms with van der Waals surface area (Å²) in [5.74, 6) is 0. The van der Waals surface area contributed by atoms with Crippen LogP contribution >= 0.6 is 24.8 Å². The predicted octanol–water partition coefficient (Wildman–Crippen LogP) is 0.266. The van der Waals surface area contributed by atoms with E-state index in [2.05, 4.69) is 15.6 Å². The minimum absolute atomic E-state index is 0. The zero-order valence-corrected chi connectivity index (χ0v) is 7.44. The lowest BCUT2D eigenvalue weighted by Gasteiger charge is -2.26. The van der Waals surface area contributed by atoms with Gasteiger partial charge < -0.3 is 5.32 Å². The molecule has 1 aliphatic heterocycles. The predicted molar refractivity (Wildman–Crippen MR) is 46.4 cm³/mol. The van der Waals surface area contributed by atoms with Gasteiger partial charge >= 0.3 is 0 Å². The Bertz CT molecular complexity index is 184. The van der Waals surface area contributed by atoms with Gasteiger partial charge in [-0.05, 0) is 0 Å². The third-order valence-electron chi connectivity index (χ3n) is 1.58. The van der Waals surface area contributed by atoms with Crippen LogP contribution in [0.4, 0.5) is 0 Å². The van der Waals surface area contributed by atoms with Crippen molar-refractivity contribution >= 4 is 24.8 Å². The van der Waals surface area contributed by atoms with E-state index in [9.17, 15) is 0 Å². The second-order valence-corrected chi connectivity index (χ2v) is 2.20. The van der Waals surface area contributed by atoms with Crippen molar-refractivity contribution in [3.63, 3.8) is 0 Å². The van der Waals surface area contributed by atoms with E-state index in [0.29, 0.717) is 6.04 Å². The highest BCUT2D eigenvalue weighted by Gasteiger charge is 2.18. The Morgan fingerprint density at radius 2 is 2.09 bits per heavy atom. The van der Waals surface area contributed by atoms with Crippen molar-refractivity contribution in [1.29, 1.82) is 0 Å². The Morgan fingerprint density at radius 3 is 2.45 bits per heavy atom. The highest BCUT2D eigenvalue weighted by Crippen LogP contribution is 2.07. The van der Waals surface area contributed by atoms with E-state index in [1.54, 1.807) is 6.20 Å². The molecule has 11 heavy (non-hydrogen) atoms. The van der Waals surface area contributed by atoms with Crippen LogP contribution in [0, 0.1) is 0 Å². The van der Waals surface area contributed by atoms with Crippen molar-refractivity contribution in [1.82, 2.24) is 20.3 Å². The molecule has 0 saturated carbocycles. The fraction of sp³-hybridized carbons (Fsp3) is 0.600. The number of hydrogen-bond acceptors (Lipinski definition) is 3. The van der Waals surface area contributed by atoms with Gasteiger partial charge in [0.25, 0.3) is 0 Å². The molecule has 1 fully saturated rings. The zero-order chi connectivity index (χ0) is 6.10. The summed E-state index contributed by atoms with van der Waals surface area (Å²) < 4.78 is 1.89. The summed E-state index contributed by atoms with van der Waals surface area (Å²) >= 11 is 0. The lowest BCUT2D eigenvalue weighted by atomic mass is 10.2. The molecule has 64 valence electrons. The van der Waals surface area contributed by atoms with E-state index in [-0.39, 0.29) is 24.8 Å². The molecule has 0 radical (unpaired) electrons. The molecule has 2 rings (SSSR count). The van der Waals surface area contributed by atoms with Gasteiger partial charge in [-0.1, -0.05) is 5.21 Å². The third-order valence-corrected chi connectivity index (χ3v) is 1.58. The highest BCUT2D eigenvalue weighted by molar-refractivity contribution is 5.85. The van der Waals surface area contributed by atoms with Crippen molar-refractivity contribution in [2.45, 2.75) is 6.04 Å². The number of nitrogens with one attached hydrogen (secondary N) is 1. The Balaban J connectivity index is 0.000000500. The van der Waals surface area contributed by atoms with Gasteiger partial charge in [0.05, 0.1) is 12.2 Å². The number of rotatable bonds is 1. The summed E-state index contributed by atoms with van der Waals surface area (Å²) in [4.78, 5) is 0. The normalized spacial score (nSPS) is 16.0. The molecule has 0 aliphatic carbocycles. The molecule has 1 saturated heterocycles. The van der Waals surface area contributed by atoms with Crippen molar-refractivity contribution in [3.8, 4) is 0 Å². The molecule has 0 amide bonds. The second-order valence-electron chi connectivity index (χ2n) is 2.20. The van der Waals surface area contributed by atoms with E-state index in [1.165, 1.54) is 0 Å². The van der Waals surface area contributed by atoms with Crippen LogP contribution in [0.1, 0.15) is 6.04 Å². The third kappa shape index (κ3) is 2.05. The Morgan fingerprint density at radius 1 is 1.36 bits per heavy atom. The van der Waals surface area contributed by atoms with Gasteiger partial charge in [0.15, 0.2) is 0 Å². The summed E-state index contributed by atoms with van der Waals surface area (Å²) in [7, 11) is 0. The van der Waals surface area contributed by atoms with Crippen LogP contribution in [0.25, 0.3) is 0 Å². The molecular formula is C5H10Cl2N4. The lowest BCUT2D eigenvalue weighted by molar-refractivity contribution is 0.313. The standard InChI is InChI=1S/C5H8N4.2ClH/c1-2-9(8-7-1)5-3-6-4-5;;/h1-2,5-6H,3-4H2;2*1H. The molecule has 0 atom stereocenters. The highest BCUT2D eigenvalue weighted by atomic mass is 35.5. The molecule has 0 bridgehead atoms. The maximum absolute atomic E-state index is 3.86. The zero-order valence-electron chi connectivity index (χ0n) is 5.80. The van der Waals surface area contributed by atoms with Crippen LogP contribution in [0.3, 0.4) is 0 Å². The van der Waals surface area contributed by atoms with Crippen molar-refractivity contribution in [3.05, 3.63) is 12.4 Å². The Hall–Kier alpha value is -0.320. The van der Waals surface area contributed by atoms with Crippen LogP contribution in [0.5, 0.6) is 0 Å². The van der Waals surface area contributed by atoms with Crippen molar-refractivity contribution in [2.75, 3.05) is 13.1 Å². The van der Waals surface area contributed by atoms with Crippen LogP contribution in [0.2, 0.25) is 0 Å². The number of halogens is 2. The summed E-state index contributed by atoms with van der Waals surface area (Å²) in [5, 5.41) is 10.7. The van der Waals surface area contributed by atoms with Gasteiger partial charge in [-0.2, -0.15) is 0 Å². The van der Waals surface area contributed by atoms with Gasteiger partial charge in [-0.25, -0.2) is 4.68 Å². The topological polar surface area (TPSA) is 42.7 Å². The van der Waals surface area contributed by atoms with Gasteiger partial charge in [0.1, 0.15) is 0 Å². The summed E-state index contributed by atoms with van der Waals surface area (Å²) in [5.41, 5.74) is 0. The Labute approximate surface area is 77.2 Å². The van der Waals surface area contributed by atoms with E-state index in [1.807, 2.05) is 10.9 Å². The largest absolute Gasteiger partial charge is 0.312 e. The first-order valence-electron chi connectivity index (χ1n) is 3.03. The smallest absolute Gasteiger partial charge is 0.0785 e. The molecule has 1 N–H and O–H groups in total. The maximum atomic E-state index is 3.86. The van der Waals surface area contributed by atoms with E-state index in [4.69, 9.17) is 0 Å². The molecule has 2 heterocycles. The quantitative estimate of drug-likeness (QED) is 0.702. The van der Waals surface area contributed by atoms with Crippen LogP contribution < -0.4 is 5.32 Å². The van der Waals surface area contributed by atoms with E-state index < -0.39 is 0 Å². The molecule has 6 heteroatoms. The summed E-state index contributed by atoms with van der Waals surface area (Å²) in [6, 6.07) is 0.549. The Kier molecular flexibility index (Phi) is 4.40. The maximum Gasteiger partial charge on any atom is 0.0785 e. The number of hydrogen-bond donors (Lipinski definition) is 1. The van der Waals surface area contributed by atoms with Gasteiger partial charge in [-0.3, -0.25) is 0 Å². The van der Waals surface area contributed by atoms with Gasteiger partial charge in [0.2, 0.25) is 0 Å². The van der Waals surface area contributed by atoms with E-state index in [0.717, 1.165) is 13.1 Å². The van der Waals surface area contributed by atoms with Crippen molar-refractivity contribution in [2.24, 2.45) is 0 Å². The van der Waals surface area contributed by atoms with Crippen molar-refractivity contribution < 1.29 is 0 Å². The average molecular weight is 197 g/mol. The monoisotopic (exact) mass is 196 g/mol. The molecule has 4 nitrogen and oxygen atoms in total. The summed E-state index contributed by atoms with van der Waals surface area (Å²) in [6.07, 6.45) is 3.60. The van der Waals surface area contributed by atoms with Crippen LogP contribution in [0.15, 0.2) is 12.4 Å². The first-order valence-corrected chi connectivity index (χ1v) is 3.03. The minimum atomic E-state index is 0. The van der Waals surface area contributed by atoms with Crippen LogP contribution in [-0.4, -0.2) is 28.1 Å². The molecular weight excluding hydrogens is 187 g/mol. The molecule has 1 aliphatic rings. The lowest BCUT2D eigenvalue weighted by Crippen LogP contribution is -2.43. The number of nitrogens with zero attached hydrogens (tertiary/aromatic N) is 3. The minimum Gasteiger partial charge on any atom is -0.312 e. The second kappa shape index (κ2) is 4.54. The first kappa shape index (κ1) is 10.7. The SMILES string of the molecule is Cl.Cl.c1cn(C2CNC2)nn1. The van der Waals surface area contributed by atoms with E-state index >= 15 is 0 Å². The van der Waals surface area contributed by atoms with Gasteiger partial charge in [0, 0.05) is 19.3 Å². The van der Waals surface area contributed by atoms with Gasteiger partial charge in [-0.15, -0.1) is 29.9 Å². The first-order chi connectivity index (χ1) is 4.47. The fourth-order valence-electron chi connectivity index (χ4n) is 0.873. The molecule has 1 aromatic heterocycles. The van der Waals surface area contributed by atoms with Crippen LogP contribution in [-0.2, 0) is 0 Å². The molecule has 1 aromatic rings. The fourth-order valence-corrected chi connectivity index (χ4v) is 0.873. The number of aromatic nitrogens is 3. The molecule has 0 spiro atoms. The molecule has 0 unspecified atom stereocenters. The average Bonchev–Trinajstić information content (AvgIpc) is 2.11. The summed E-state index contributed by atoms with van der Waals surface area (Å²) in [6.45, 7) is 2.06. The molecule has 0 aromatic carbocycles.